The van der Waals surface area contributed by atoms with Gasteiger partial charge in [-0.1, -0.05) is 50.2 Å². The molecule has 1 aliphatic carbocycles. The van der Waals surface area contributed by atoms with E-state index in [9.17, 15) is 9.90 Å². The first kappa shape index (κ1) is 19.2. The second-order valence-corrected chi connectivity index (χ2v) is 9.10. The van der Waals surface area contributed by atoms with Crippen molar-refractivity contribution in [2.45, 2.75) is 44.1 Å². The molecule has 0 spiro atoms. The van der Waals surface area contributed by atoms with E-state index in [2.05, 4.69) is 49.1 Å². The minimum atomic E-state index is -0.664. The largest absolute Gasteiger partial charge is 0.388 e. The Bertz CT molecular complexity index is 869. The maximum absolute atomic E-state index is 11.6. The highest BCUT2D eigenvalue weighted by Crippen LogP contribution is 2.40. The van der Waals surface area contributed by atoms with E-state index in [0.717, 1.165) is 32.4 Å². The highest BCUT2D eigenvalue weighted by Gasteiger charge is 2.42. The number of hydrogen-bond donors (Lipinski definition) is 2. The summed E-state index contributed by atoms with van der Waals surface area (Å²) in [5.41, 5.74) is 9.14. The van der Waals surface area contributed by atoms with E-state index >= 15 is 0 Å². The van der Waals surface area contributed by atoms with Crippen LogP contribution in [0.15, 0.2) is 48.5 Å². The van der Waals surface area contributed by atoms with Crippen LogP contribution in [0.1, 0.15) is 47.3 Å². The van der Waals surface area contributed by atoms with Crippen LogP contribution in [0.4, 0.5) is 0 Å². The third kappa shape index (κ3) is 3.47. The smallest absolute Gasteiger partial charge is 0.248 e. The zero-order chi connectivity index (χ0) is 19.9. The van der Waals surface area contributed by atoms with Crippen LogP contribution in [-0.2, 0) is 18.3 Å². The van der Waals surface area contributed by atoms with E-state index in [1.807, 2.05) is 12.1 Å². The van der Waals surface area contributed by atoms with Gasteiger partial charge in [0.25, 0.3) is 0 Å². The van der Waals surface area contributed by atoms with Crippen molar-refractivity contribution in [3.05, 3.63) is 70.8 Å². The van der Waals surface area contributed by atoms with Crippen LogP contribution < -0.4 is 5.73 Å². The van der Waals surface area contributed by atoms with E-state index in [-0.39, 0.29) is 11.3 Å². The molecule has 4 nitrogen and oxygen atoms in total. The van der Waals surface area contributed by atoms with Crippen LogP contribution in [0.5, 0.6) is 0 Å². The fourth-order valence-corrected chi connectivity index (χ4v) is 5.12. The first-order valence-electron chi connectivity index (χ1n) is 10.2. The minimum absolute atomic E-state index is 0.00319. The number of fused-ring (bicyclic) bond motifs is 1. The van der Waals surface area contributed by atoms with Gasteiger partial charge in [0.1, 0.15) is 0 Å². The summed E-state index contributed by atoms with van der Waals surface area (Å²) < 4.78 is 0. The van der Waals surface area contributed by atoms with Crippen LogP contribution in [0.25, 0.3) is 0 Å². The van der Waals surface area contributed by atoms with Crippen LogP contribution in [-0.4, -0.2) is 41.1 Å². The van der Waals surface area contributed by atoms with Gasteiger partial charge in [-0.3, -0.25) is 4.79 Å². The van der Waals surface area contributed by atoms with Gasteiger partial charge in [-0.15, -0.1) is 0 Å². The molecule has 0 unspecified atom stereocenters. The predicted molar refractivity (Wildman–Crippen MR) is 111 cm³/mol. The molecule has 28 heavy (non-hydrogen) atoms. The summed E-state index contributed by atoms with van der Waals surface area (Å²) in [6.45, 7) is 7.16. The molecule has 1 saturated heterocycles. The lowest BCUT2D eigenvalue weighted by molar-refractivity contribution is -0.00935. The molecule has 0 saturated carbocycles. The van der Waals surface area contributed by atoms with Gasteiger partial charge in [-0.25, -0.2) is 0 Å². The summed E-state index contributed by atoms with van der Waals surface area (Å²) in [6, 6.07) is 16.2. The number of nitrogens with two attached hydrogens (primary N) is 1. The molecule has 2 aromatic carbocycles. The lowest BCUT2D eigenvalue weighted by atomic mass is 9.67. The van der Waals surface area contributed by atoms with E-state index in [0.29, 0.717) is 18.0 Å². The highest BCUT2D eigenvalue weighted by molar-refractivity contribution is 5.92. The zero-order valence-corrected chi connectivity index (χ0v) is 16.8. The van der Waals surface area contributed by atoms with Crippen LogP contribution >= 0.6 is 0 Å². The van der Waals surface area contributed by atoms with Gasteiger partial charge >= 0.3 is 0 Å². The normalized spacial score (nSPS) is 26.8. The van der Waals surface area contributed by atoms with Crippen LogP contribution in [0, 0.1) is 5.92 Å². The minimum Gasteiger partial charge on any atom is -0.388 e. The molecule has 0 radical (unpaired) electrons. The van der Waals surface area contributed by atoms with Crippen molar-refractivity contribution in [1.82, 2.24) is 4.90 Å². The monoisotopic (exact) mass is 378 g/mol. The number of β-amino-alcohol motifs (C(OH)–C–C–N with tert-alkyl or cyclic N) is 1. The van der Waals surface area contributed by atoms with Gasteiger partial charge in [-0.05, 0) is 53.1 Å². The van der Waals surface area contributed by atoms with E-state index in [1.165, 1.54) is 16.7 Å². The fraction of sp³-hybridized carbons (Fsp3) is 0.458. The molecule has 2 aliphatic rings. The number of hydrogen-bond acceptors (Lipinski definition) is 3. The molecule has 148 valence electrons. The molecule has 2 atom stereocenters. The molecular weight excluding hydrogens is 348 g/mol. The Labute approximate surface area is 167 Å². The van der Waals surface area contributed by atoms with Gasteiger partial charge in [0, 0.05) is 31.5 Å². The Kier molecular flexibility index (Phi) is 4.80. The highest BCUT2D eigenvalue weighted by atomic mass is 16.3. The first-order valence-corrected chi connectivity index (χ1v) is 10.2. The lowest BCUT2D eigenvalue weighted by Crippen LogP contribution is -2.52. The summed E-state index contributed by atoms with van der Waals surface area (Å²) in [7, 11) is 0. The molecule has 1 heterocycles. The average Bonchev–Trinajstić information content (AvgIpc) is 3.00. The zero-order valence-electron chi connectivity index (χ0n) is 16.8. The van der Waals surface area contributed by atoms with E-state index in [4.69, 9.17) is 5.73 Å². The average molecular weight is 379 g/mol. The third-order valence-electron chi connectivity index (χ3n) is 7.05. The number of benzene rings is 2. The van der Waals surface area contributed by atoms with Gasteiger partial charge in [0.15, 0.2) is 0 Å². The number of amides is 1. The second kappa shape index (κ2) is 7.02. The number of carbonyl (C=O) groups excluding carboxylic acids is 1. The van der Waals surface area contributed by atoms with Crippen LogP contribution in [0.3, 0.4) is 0 Å². The molecule has 2 aromatic rings. The molecule has 3 N–H and O–H groups in total. The predicted octanol–water partition coefficient (Wildman–Crippen LogP) is 2.91. The first-order chi connectivity index (χ1) is 13.3. The van der Waals surface area contributed by atoms with Gasteiger partial charge in [-0.2, -0.15) is 0 Å². The summed E-state index contributed by atoms with van der Waals surface area (Å²) in [6.07, 6.45) is 2.48. The number of nitrogens with zero attached hydrogens (tertiary/aromatic N) is 1. The fourth-order valence-electron chi connectivity index (χ4n) is 5.12. The Morgan fingerprint density at radius 3 is 2.46 bits per heavy atom. The second-order valence-electron chi connectivity index (χ2n) is 9.10. The Morgan fingerprint density at radius 1 is 1.18 bits per heavy atom. The Balaban J connectivity index is 1.46. The summed E-state index contributed by atoms with van der Waals surface area (Å²) >= 11 is 0. The molecule has 0 aromatic heterocycles. The Morgan fingerprint density at radius 2 is 1.86 bits per heavy atom. The van der Waals surface area contributed by atoms with Crippen molar-refractivity contribution in [3.63, 3.8) is 0 Å². The third-order valence-corrected chi connectivity index (χ3v) is 7.05. The van der Waals surface area contributed by atoms with Crippen molar-refractivity contribution >= 4 is 5.91 Å². The summed E-state index contributed by atoms with van der Waals surface area (Å²) in [5.74, 6) is 0.0373. The summed E-state index contributed by atoms with van der Waals surface area (Å²) in [5, 5.41) is 11.2. The molecule has 1 amide bonds. The van der Waals surface area contributed by atoms with Crippen molar-refractivity contribution in [2.24, 2.45) is 11.7 Å². The van der Waals surface area contributed by atoms with Gasteiger partial charge in [0.2, 0.25) is 5.91 Å². The van der Waals surface area contributed by atoms with Gasteiger partial charge < -0.3 is 15.7 Å². The quantitative estimate of drug-likeness (QED) is 0.860. The Hall–Kier alpha value is -2.17. The number of piperidine rings is 1. The molecule has 4 heteroatoms. The number of primary amides is 1. The molecule has 0 bridgehead atoms. The molecule has 4 rings (SSSR count). The number of carbonyl (C=O) groups is 1. The van der Waals surface area contributed by atoms with Crippen molar-refractivity contribution < 1.29 is 9.90 Å². The van der Waals surface area contributed by atoms with Gasteiger partial charge in [0.05, 0.1) is 5.60 Å². The van der Waals surface area contributed by atoms with Crippen LogP contribution in [0.2, 0.25) is 0 Å². The molecule has 1 fully saturated rings. The van der Waals surface area contributed by atoms with E-state index < -0.39 is 5.60 Å². The van der Waals surface area contributed by atoms with Crippen molar-refractivity contribution in [1.29, 1.82) is 0 Å². The maximum Gasteiger partial charge on any atom is 0.248 e. The number of aliphatic hydroxyl groups is 1. The lowest BCUT2D eigenvalue weighted by Gasteiger charge is -2.46. The maximum atomic E-state index is 11.6. The van der Waals surface area contributed by atoms with E-state index in [1.54, 1.807) is 6.07 Å². The SMILES string of the molecule is C[C@H]1CN(CC2(O)Cc3ccccc3C2)CC[C@]1(C)c1cccc(C(N)=O)c1. The number of likely N-dealkylation sites (tertiary alicyclic amines) is 1. The standard InChI is InChI=1S/C24H30N2O2/c1-17-15-26(16-24(28)13-19-6-3-4-7-20(19)14-24)11-10-23(17,2)21-9-5-8-18(12-21)22(25)27/h3-9,12,17,28H,10-11,13-16H2,1-2H3,(H2,25,27)/t17-,23-/m0/s1. The molecule has 1 aliphatic heterocycles. The molecular formula is C24H30N2O2. The topological polar surface area (TPSA) is 66.6 Å². The van der Waals surface area contributed by atoms with Crippen molar-refractivity contribution in [3.8, 4) is 0 Å². The summed E-state index contributed by atoms with van der Waals surface area (Å²) in [4.78, 5) is 14.0. The van der Waals surface area contributed by atoms with Crippen molar-refractivity contribution in [2.75, 3.05) is 19.6 Å². The number of rotatable bonds is 4.